The summed E-state index contributed by atoms with van der Waals surface area (Å²) in [5, 5.41) is 0. The number of hydrogen-bond acceptors (Lipinski definition) is 3. The Balaban J connectivity index is 2.05. The first-order valence-corrected chi connectivity index (χ1v) is 6.75. The van der Waals surface area contributed by atoms with Gasteiger partial charge in [-0.05, 0) is 37.1 Å². The number of rotatable bonds is 4. The van der Waals surface area contributed by atoms with Gasteiger partial charge in [0.2, 0.25) is 5.91 Å². The lowest BCUT2D eigenvalue weighted by Gasteiger charge is -2.29. The van der Waals surface area contributed by atoms with Gasteiger partial charge in [-0.25, -0.2) is 4.39 Å². The first kappa shape index (κ1) is 15.0. The molecule has 1 aromatic carbocycles. The fourth-order valence-corrected chi connectivity index (χ4v) is 2.27. The van der Waals surface area contributed by atoms with Crippen LogP contribution in [-0.4, -0.2) is 24.5 Å². The molecule has 1 atom stereocenters. The van der Waals surface area contributed by atoms with E-state index in [1.807, 2.05) is 0 Å². The third-order valence-corrected chi connectivity index (χ3v) is 3.32. The van der Waals surface area contributed by atoms with Crippen molar-refractivity contribution in [3.63, 3.8) is 0 Å². The highest BCUT2D eigenvalue weighted by Gasteiger charge is 2.25. The zero-order valence-electron chi connectivity index (χ0n) is 11.8. The molecular formula is C16H16FNO3. The van der Waals surface area contributed by atoms with Gasteiger partial charge in [-0.1, -0.05) is 5.92 Å². The van der Waals surface area contributed by atoms with Gasteiger partial charge < -0.3 is 9.64 Å². The lowest BCUT2D eigenvalue weighted by Crippen LogP contribution is -2.37. The molecule has 2 rings (SSSR count). The minimum Gasteiger partial charge on any atom is -0.449 e. The van der Waals surface area contributed by atoms with Crippen LogP contribution in [0.5, 0.6) is 0 Å². The number of carbonyl (C=O) groups excluding carboxylic acids is 2. The summed E-state index contributed by atoms with van der Waals surface area (Å²) in [7, 11) is 0. The summed E-state index contributed by atoms with van der Waals surface area (Å²) in [5.74, 6) is 1.44. The van der Waals surface area contributed by atoms with E-state index in [1.165, 1.54) is 17.0 Å². The fraction of sp³-hybridized carbons (Fsp3) is 0.375. The molecule has 5 heteroatoms. The predicted molar refractivity (Wildman–Crippen MR) is 76.1 cm³/mol. The maximum Gasteiger partial charge on any atom is 0.308 e. The average Bonchev–Trinajstić information content (AvgIpc) is 2.46. The zero-order valence-corrected chi connectivity index (χ0v) is 11.8. The lowest BCUT2D eigenvalue weighted by atomic mass is 10.0. The lowest BCUT2D eigenvalue weighted by molar-refractivity contribution is -0.145. The Morgan fingerprint density at radius 2 is 2.29 bits per heavy atom. The second-order valence-corrected chi connectivity index (χ2v) is 4.87. The largest absolute Gasteiger partial charge is 0.449 e. The number of nitrogens with zero attached hydrogens (tertiary/aromatic N) is 1. The molecular weight excluding hydrogens is 273 g/mol. The highest BCUT2D eigenvalue weighted by atomic mass is 19.1. The summed E-state index contributed by atoms with van der Waals surface area (Å²) in [5.41, 5.74) is 1.44. The van der Waals surface area contributed by atoms with Crippen LogP contribution in [-0.2, 0) is 20.7 Å². The molecule has 110 valence electrons. The second kappa shape index (κ2) is 6.40. The highest BCUT2D eigenvalue weighted by molar-refractivity contribution is 5.96. The van der Waals surface area contributed by atoms with E-state index in [1.54, 1.807) is 13.0 Å². The molecule has 0 saturated carbocycles. The molecule has 0 N–H and O–H groups in total. The van der Waals surface area contributed by atoms with Crippen molar-refractivity contribution in [2.24, 2.45) is 0 Å². The summed E-state index contributed by atoms with van der Waals surface area (Å²) in [6, 6.07) is 4.30. The van der Waals surface area contributed by atoms with E-state index in [2.05, 4.69) is 5.92 Å². The van der Waals surface area contributed by atoms with Crippen LogP contribution in [0.3, 0.4) is 0 Å². The van der Waals surface area contributed by atoms with Gasteiger partial charge in [0.15, 0.2) is 6.10 Å². The Morgan fingerprint density at radius 3 is 3.00 bits per heavy atom. The normalized spacial score (nSPS) is 15.1. The van der Waals surface area contributed by atoms with E-state index in [9.17, 15) is 14.0 Å². The predicted octanol–water partition coefficient (Wildman–Crippen LogP) is 2.06. The molecule has 1 aromatic rings. The molecule has 1 aliphatic heterocycles. The van der Waals surface area contributed by atoms with Gasteiger partial charge in [-0.3, -0.25) is 9.59 Å². The van der Waals surface area contributed by atoms with Crippen molar-refractivity contribution in [2.75, 3.05) is 11.4 Å². The molecule has 21 heavy (non-hydrogen) atoms. The highest BCUT2D eigenvalue weighted by Crippen LogP contribution is 2.28. The minimum absolute atomic E-state index is 0.0502. The number of halogens is 1. The summed E-state index contributed by atoms with van der Waals surface area (Å²) < 4.78 is 18.2. The summed E-state index contributed by atoms with van der Waals surface area (Å²) in [6.07, 6.45) is 5.42. The van der Waals surface area contributed by atoms with E-state index in [-0.39, 0.29) is 24.7 Å². The molecule has 0 radical (unpaired) electrons. The smallest absolute Gasteiger partial charge is 0.308 e. The number of fused-ring (bicyclic) bond motifs is 1. The standard InChI is InChI=1S/C16H16FNO3/c1-3-11(2)21-16(20)8-9-18-14-6-5-13(17)10-12(14)4-7-15(18)19/h1,5-6,10-11H,4,7-9H2,2H3/t11-/m0/s1. The van der Waals surface area contributed by atoms with Gasteiger partial charge in [0, 0.05) is 18.7 Å². The van der Waals surface area contributed by atoms with Gasteiger partial charge in [-0.2, -0.15) is 0 Å². The third-order valence-electron chi connectivity index (χ3n) is 3.32. The van der Waals surface area contributed by atoms with E-state index in [4.69, 9.17) is 11.2 Å². The van der Waals surface area contributed by atoms with Crippen molar-refractivity contribution < 1.29 is 18.7 Å². The number of carbonyl (C=O) groups is 2. The molecule has 0 unspecified atom stereocenters. The van der Waals surface area contributed by atoms with Crippen LogP contribution in [0.1, 0.15) is 25.3 Å². The van der Waals surface area contributed by atoms with Crippen LogP contribution in [0.15, 0.2) is 18.2 Å². The molecule has 0 aliphatic carbocycles. The second-order valence-electron chi connectivity index (χ2n) is 4.87. The first-order chi connectivity index (χ1) is 10.0. The summed E-state index contributed by atoms with van der Waals surface area (Å²) >= 11 is 0. The molecule has 1 amide bonds. The van der Waals surface area contributed by atoms with Gasteiger partial charge in [0.1, 0.15) is 5.82 Å². The number of benzene rings is 1. The quantitative estimate of drug-likeness (QED) is 0.629. The molecule has 1 heterocycles. The van der Waals surface area contributed by atoms with Crippen molar-refractivity contribution in [2.45, 2.75) is 32.3 Å². The van der Waals surface area contributed by atoms with Gasteiger partial charge in [-0.15, -0.1) is 6.42 Å². The molecule has 0 aromatic heterocycles. The monoisotopic (exact) mass is 289 g/mol. The molecule has 0 spiro atoms. The number of anilines is 1. The third kappa shape index (κ3) is 3.60. The number of hydrogen-bond donors (Lipinski definition) is 0. The van der Waals surface area contributed by atoms with Crippen molar-refractivity contribution in [3.05, 3.63) is 29.6 Å². The maximum atomic E-state index is 13.2. The Bertz CT molecular complexity index is 606. The number of aryl methyl sites for hydroxylation is 1. The van der Waals surface area contributed by atoms with Gasteiger partial charge in [0.25, 0.3) is 0 Å². The van der Waals surface area contributed by atoms with Crippen molar-refractivity contribution >= 4 is 17.6 Å². The van der Waals surface area contributed by atoms with Crippen molar-refractivity contribution in [3.8, 4) is 12.3 Å². The summed E-state index contributed by atoms with van der Waals surface area (Å²) in [4.78, 5) is 25.1. The number of esters is 1. The zero-order chi connectivity index (χ0) is 15.4. The number of terminal acetylenes is 1. The molecule has 0 bridgehead atoms. The summed E-state index contributed by atoms with van der Waals surface area (Å²) in [6.45, 7) is 1.80. The van der Waals surface area contributed by atoms with E-state index >= 15 is 0 Å². The molecule has 0 fully saturated rings. The van der Waals surface area contributed by atoms with Crippen LogP contribution < -0.4 is 4.90 Å². The number of amides is 1. The Labute approximate surface area is 122 Å². The minimum atomic E-state index is -0.587. The van der Waals surface area contributed by atoms with Crippen LogP contribution in [0.4, 0.5) is 10.1 Å². The van der Waals surface area contributed by atoms with Gasteiger partial charge in [0.05, 0.1) is 6.42 Å². The Morgan fingerprint density at radius 1 is 1.52 bits per heavy atom. The SMILES string of the molecule is C#C[C@H](C)OC(=O)CCN1C(=O)CCc2cc(F)ccc21. The van der Waals surface area contributed by atoms with Crippen molar-refractivity contribution in [1.82, 2.24) is 0 Å². The van der Waals surface area contributed by atoms with Crippen LogP contribution in [0.25, 0.3) is 0 Å². The van der Waals surface area contributed by atoms with E-state index in [0.29, 0.717) is 18.5 Å². The van der Waals surface area contributed by atoms with Crippen molar-refractivity contribution in [1.29, 1.82) is 0 Å². The molecule has 1 aliphatic rings. The maximum absolute atomic E-state index is 13.2. The topological polar surface area (TPSA) is 46.6 Å². The molecule has 0 saturated heterocycles. The van der Waals surface area contributed by atoms with Crippen LogP contribution >= 0.6 is 0 Å². The average molecular weight is 289 g/mol. The van der Waals surface area contributed by atoms with E-state index < -0.39 is 12.1 Å². The Hall–Kier alpha value is -2.35. The molecule has 4 nitrogen and oxygen atoms in total. The van der Waals surface area contributed by atoms with Crippen LogP contribution in [0, 0.1) is 18.2 Å². The fourth-order valence-electron chi connectivity index (χ4n) is 2.27. The van der Waals surface area contributed by atoms with Crippen LogP contribution in [0.2, 0.25) is 0 Å². The number of ether oxygens (including phenoxy) is 1. The first-order valence-electron chi connectivity index (χ1n) is 6.75. The van der Waals surface area contributed by atoms with E-state index in [0.717, 1.165) is 5.56 Å². The van der Waals surface area contributed by atoms with Gasteiger partial charge >= 0.3 is 5.97 Å². The Kier molecular flexibility index (Phi) is 4.59.